The lowest BCUT2D eigenvalue weighted by atomic mass is 9.99. The molecule has 0 spiro atoms. The number of aryl methyl sites for hydroxylation is 1. The van der Waals surface area contributed by atoms with Crippen LogP contribution in [-0.4, -0.2) is 38.9 Å². The number of benzene rings is 1. The van der Waals surface area contributed by atoms with Crippen molar-refractivity contribution in [2.45, 2.75) is 63.1 Å². The summed E-state index contributed by atoms with van der Waals surface area (Å²) in [5.41, 5.74) is 0.453. The van der Waals surface area contributed by atoms with Gasteiger partial charge in [0.15, 0.2) is 5.16 Å². The van der Waals surface area contributed by atoms with E-state index in [2.05, 4.69) is 32.1 Å². The number of nitrogens with zero attached hydrogens (tertiary/aromatic N) is 3. The molecule has 5 nitrogen and oxygen atoms in total. The first kappa shape index (κ1) is 24.2. The number of halogens is 4. The van der Waals surface area contributed by atoms with Crippen molar-refractivity contribution in [3.8, 4) is 0 Å². The van der Waals surface area contributed by atoms with E-state index >= 15 is 0 Å². The van der Waals surface area contributed by atoms with E-state index in [1.165, 1.54) is 12.1 Å². The number of amides is 1. The topological polar surface area (TPSA) is 47.4 Å². The van der Waals surface area contributed by atoms with Crippen LogP contribution in [0.2, 0.25) is 0 Å². The normalized spacial score (nSPS) is 16.9. The first-order chi connectivity index (χ1) is 14.4. The van der Waals surface area contributed by atoms with Gasteiger partial charge in [0.05, 0.1) is 17.3 Å². The molecule has 1 amide bonds. The Balaban J connectivity index is 1.87. The molecule has 2 heterocycles. The summed E-state index contributed by atoms with van der Waals surface area (Å²) in [6, 6.07) is 4.92. The van der Waals surface area contributed by atoms with Gasteiger partial charge in [-0.25, -0.2) is 9.78 Å². The summed E-state index contributed by atoms with van der Waals surface area (Å²) in [5, 5.41) is 0.891. The highest BCUT2D eigenvalue weighted by atomic mass is 127. The van der Waals surface area contributed by atoms with Gasteiger partial charge in [-0.2, -0.15) is 13.2 Å². The Morgan fingerprint density at radius 1 is 1.23 bits per heavy atom. The van der Waals surface area contributed by atoms with Crippen molar-refractivity contribution >= 4 is 40.4 Å². The molecule has 0 saturated carbocycles. The van der Waals surface area contributed by atoms with Gasteiger partial charge in [-0.05, 0) is 80.2 Å². The molecule has 10 heteroatoms. The van der Waals surface area contributed by atoms with Crippen molar-refractivity contribution in [2.75, 3.05) is 12.8 Å². The third-order valence-electron chi connectivity index (χ3n) is 4.98. The van der Waals surface area contributed by atoms with Crippen LogP contribution in [0.15, 0.2) is 29.4 Å². The molecule has 0 aliphatic carbocycles. The number of carbonyl (C=O) groups excluding carboxylic acids is 1. The van der Waals surface area contributed by atoms with Crippen LogP contribution in [0.4, 0.5) is 18.0 Å². The van der Waals surface area contributed by atoms with E-state index in [0.29, 0.717) is 25.9 Å². The zero-order valence-corrected chi connectivity index (χ0v) is 20.8. The molecule has 1 aliphatic heterocycles. The largest absolute Gasteiger partial charge is 0.444 e. The fourth-order valence-corrected chi connectivity index (χ4v) is 5.25. The Hall–Kier alpha value is -1.43. The van der Waals surface area contributed by atoms with Crippen LogP contribution in [0.5, 0.6) is 0 Å². The van der Waals surface area contributed by atoms with Crippen molar-refractivity contribution in [1.29, 1.82) is 0 Å². The quantitative estimate of drug-likeness (QED) is 0.329. The van der Waals surface area contributed by atoms with Gasteiger partial charge in [-0.3, -0.25) is 4.90 Å². The van der Waals surface area contributed by atoms with Crippen molar-refractivity contribution in [3.05, 3.63) is 44.8 Å². The highest BCUT2D eigenvalue weighted by Gasteiger charge is 2.37. The molecule has 1 atom stereocenters. The number of thioether (sulfide) groups is 1. The molecule has 0 saturated heterocycles. The van der Waals surface area contributed by atoms with E-state index in [9.17, 15) is 18.0 Å². The first-order valence-electron chi connectivity index (χ1n) is 9.86. The van der Waals surface area contributed by atoms with Gasteiger partial charge in [-0.15, -0.1) is 0 Å². The summed E-state index contributed by atoms with van der Waals surface area (Å²) in [5.74, 6) is 0. The summed E-state index contributed by atoms with van der Waals surface area (Å²) in [6.07, 6.45) is -1.70. The predicted molar refractivity (Wildman–Crippen MR) is 122 cm³/mol. The van der Waals surface area contributed by atoms with Crippen LogP contribution in [0.25, 0.3) is 0 Å². The monoisotopic (exact) mass is 567 g/mol. The Morgan fingerprint density at radius 2 is 1.87 bits per heavy atom. The number of carbonyl (C=O) groups is 1. The van der Waals surface area contributed by atoms with E-state index in [1.54, 1.807) is 16.7 Å². The molecular formula is C21H25F3IN3O2S. The molecular weight excluding hydrogens is 542 g/mol. The maximum atomic E-state index is 12.9. The van der Waals surface area contributed by atoms with Gasteiger partial charge in [0.1, 0.15) is 9.30 Å². The number of aromatic nitrogens is 2. The SMILES string of the molecule is CSc1nc(I)c2n1CCN(C(=O)OC(C)(C)C)C2CCc1ccc(C(F)(F)F)cc1. The molecule has 31 heavy (non-hydrogen) atoms. The number of rotatable bonds is 4. The summed E-state index contributed by atoms with van der Waals surface area (Å²) >= 11 is 3.73. The molecule has 1 aromatic heterocycles. The summed E-state index contributed by atoms with van der Waals surface area (Å²) in [7, 11) is 0. The first-order valence-corrected chi connectivity index (χ1v) is 12.2. The van der Waals surface area contributed by atoms with Crippen molar-refractivity contribution in [2.24, 2.45) is 0 Å². The third kappa shape index (κ3) is 5.68. The van der Waals surface area contributed by atoms with Gasteiger partial charge in [-0.1, -0.05) is 23.9 Å². The third-order valence-corrected chi connectivity index (χ3v) is 6.45. The minimum Gasteiger partial charge on any atom is -0.444 e. The minimum atomic E-state index is -4.35. The number of imidazole rings is 1. The Kier molecular flexibility index (Phi) is 7.19. The lowest BCUT2D eigenvalue weighted by Crippen LogP contribution is -2.45. The summed E-state index contributed by atoms with van der Waals surface area (Å²) in [4.78, 5) is 19.3. The molecule has 1 unspecified atom stereocenters. The van der Waals surface area contributed by atoms with Crippen molar-refractivity contribution in [1.82, 2.24) is 14.5 Å². The molecule has 170 valence electrons. The zero-order valence-electron chi connectivity index (χ0n) is 17.8. The fraction of sp³-hybridized carbons (Fsp3) is 0.524. The second kappa shape index (κ2) is 9.21. The van der Waals surface area contributed by atoms with Crippen LogP contribution in [0, 0.1) is 3.70 Å². The van der Waals surface area contributed by atoms with Crippen molar-refractivity contribution < 1.29 is 22.7 Å². The van der Waals surface area contributed by atoms with E-state index in [4.69, 9.17) is 4.74 Å². The molecule has 0 N–H and O–H groups in total. The van der Waals surface area contributed by atoms with Gasteiger partial charge >= 0.3 is 12.3 Å². The van der Waals surface area contributed by atoms with Crippen LogP contribution in [0.1, 0.15) is 50.1 Å². The lowest BCUT2D eigenvalue weighted by molar-refractivity contribution is -0.137. The van der Waals surface area contributed by atoms with Gasteiger partial charge in [0.2, 0.25) is 0 Å². The Morgan fingerprint density at radius 3 is 2.42 bits per heavy atom. The molecule has 0 bridgehead atoms. The van der Waals surface area contributed by atoms with E-state index in [0.717, 1.165) is 32.2 Å². The van der Waals surface area contributed by atoms with Crippen molar-refractivity contribution in [3.63, 3.8) is 0 Å². The summed E-state index contributed by atoms with van der Waals surface area (Å²) in [6.45, 7) is 6.58. The molecule has 1 aromatic carbocycles. The predicted octanol–water partition coefficient (Wildman–Crippen LogP) is 6.15. The highest BCUT2D eigenvalue weighted by Crippen LogP contribution is 2.37. The highest BCUT2D eigenvalue weighted by molar-refractivity contribution is 14.1. The number of ether oxygens (including phenoxy) is 1. The second-order valence-electron chi connectivity index (χ2n) is 8.35. The molecule has 0 radical (unpaired) electrons. The van der Waals surface area contributed by atoms with Gasteiger partial charge in [0, 0.05) is 13.1 Å². The number of fused-ring (bicyclic) bond motifs is 1. The smallest absolute Gasteiger partial charge is 0.416 e. The maximum absolute atomic E-state index is 12.9. The van der Waals surface area contributed by atoms with Gasteiger partial charge < -0.3 is 9.30 Å². The zero-order chi connectivity index (χ0) is 23.0. The van der Waals surface area contributed by atoms with E-state index in [-0.39, 0.29) is 12.1 Å². The summed E-state index contributed by atoms with van der Waals surface area (Å²) < 4.78 is 47.1. The molecule has 1 aliphatic rings. The number of alkyl halides is 3. The average Bonchev–Trinajstić information content (AvgIpc) is 3.00. The standard InChI is InChI=1S/C21H25F3IN3O2S/c1-20(2,3)30-19(29)27-11-12-28-16(17(25)26-18(28)31-4)15(27)10-7-13-5-8-14(9-6-13)21(22,23)24/h5-6,8-9,15H,7,10-12H2,1-4H3. The molecule has 2 aromatic rings. The lowest BCUT2D eigenvalue weighted by Gasteiger charge is -2.38. The molecule has 3 rings (SSSR count). The van der Waals surface area contributed by atoms with Crippen LogP contribution >= 0.6 is 34.4 Å². The van der Waals surface area contributed by atoms with Crippen LogP contribution in [-0.2, 0) is 23.9 Å². The van der Waals surface area contributed by atoms with Gasteiger partial charge in [0.25, 0.3) is 0 Å². The number of hydrogen-bond acceptors (Lipinski definition) is 4. The second-order valence-corrected chi connectivity index (χ2v) is 10.1. The average molecular weight is 567 g/mol. The van der Waals surface area contributed by atoms with E-state index in [1.807, 2.05) is 27.0 Å². The minimum absolute atomic E-state index is 0.272. The van der Waals surface area contributed by atoms with Crippen LogP contribution < -0.4 is 0 Å². The Bertz CT molecular complexity index is 939. The van der Waals surface area contributed by atoms with E-state index < -0.39 is 17.3 Å². The maximum Gasteiger partial charge on any atom is 0.416 e. The molecule has 0 fully saturated rings. The Labute approximate surface area is 197 Å². The van der Waals surface area contributed by atoms with Crippen LogP contribution in [0.3, 0.4) is 0 Å². The number of hydrogen-bond donors (Lipinski definition) is 0. The fourth-order valence-electron chi connectivity index (χ4n) is 3.61.